The van der Waals surface area contributed by atoms with Crippen LogP contribution in [0.2, 0.25) is 0 Å². The predicted octanol–water partition coefficient (Wildman–Crippen LogP) is 4.79. The van der Waals surface area contributed by atoms with Gasteiger partial charge in [-0.25, -0.2) is 4.79 Å². The molecule has 15 heteroatoms. The van der Waals surface area contributed by atoms with Crippen LogP contribution in [0.3, 0.4) is 0 Å². The molecular formula is C51H83N7O8. The first-order valence-electron chi connectivity index (χ1n) is 24.1. The number of carboxylic acid groups (broad SMARTS) is 1. The quantitative estimate of drug-likeness (QED) is 0.0440. The summed E-state index contributed by atoms with van der Waals surface area (Å²) >= 11 is 0. The first-order chi connectivity index (χ1) is 31.4. The molecule has 7 atom stereocenters. The van der Waals surface area contributed by atoms with E-state index in [2.05, 4.69) is 16.0 Å². The molecule has 0 fully saturated rings. The van der Waals surface area contributed by atoms with E-state index in [1.54, 1.807) is 0 Å². The molecule has 0 aliphatic carbocycles. The standard InChI is InChI=1S/C49H77N7O8.C2H6/c1-32(2)25-39(52)43(57)29-37(20-14-23-51)47(61)55-41(49(63)64)21-11-12-24-54-46(60)36(19-13-22-50)30-45(59)42(26-33(3)4)56-48(62)38(27-34-15-7-5-8-16-34)31-44(58)40(53)28-35-17-9-6-10-18-35;1-2/h5-10,15-18,32-33,36-42H,11-14,19-31,50-53H2,1-4H3,(H,54,60)(H,55,61)(H,56,62)(H,63,64);1-2H3/t36-,37-,38-,39+,40+,41?,42+;/m0./s1. The third kappa shape index (κ3) is 24.1. The van der Waals surface area contributed by atoms with Crippen molar-refractivity contribution in [2.45, 2.75) is 156 Å². The summed E-state index contributed by atoms with van der Waals surface area (Å²) in [5.74, 6) is -5.43. The molecule has 12 N–H and O–H groups in total. The van der Waals surface area contributed by atoms with Crippen molar-refractivity contribution in [2.75, 3.05) is 19.6 Å². The van der Waals surface area contributed by atoms with Gasteiger partial charge in [-0.05, 0) is 107 Å². The summed E-state index contributed by atoms with van der Waals surface area (Å²) in [6.45, 7) is 12.6. The molecule has 0 spiro atoms. The highest BCUT2D eigenvalue weighted by Crippen LogP contribution is 2.21. The number of carbonyl (C=O) groups excluding carboxylic acids is 6. The van der Waals surface area contributed by atoms with Crippen molar-refractivity contribution in [3.05, 3.63) is 71.8 Å². The van der Waals surface area contributed by atoms with Gasteiger partial charge in [0.15, 0.2) is 11.6 Å². The number of carbonyl (C=O) groups is 7. The van der Waals surface area contributed by atoms with Crippen molar-refractivity contribution in [3.8, 4) is 0 Å². The van der Waals surface area contributed by atoms with Gasteiger partial charge in [0.2, 0.25) is 17.7 Å². The Balaban J connectivity index is 0.0000107. The fourth-order valence-corrected chi connectivity index (χ4v) is 7.74. The van der Waals surface area contributed by atoms with Crippen LogP contribution in [0.5, 0.6) is 0 Å². The van der Waals surface area contributed by atoms with Crippen LogP contribution in [0.4, 0.5) is 0 Å². The smallest absolute Gasteiger partial charge is 0.326 e. The third-order valence-corrected chi connectivity index (χ3v) is 11.4. The van der Waals surface area contributed by atoms with E-state index in [1.807, 2.05) is 102 Å². The first-order valence-corrected chi connectivity index (χ1v) is 24.1. The molecule has 1 unspecified atom stereocenters. The molecule has 0 aromatic heterocycles. The molecule has 3 amide bonds. The minimum atomic E-state index is -1.22. The molecule has 0 aliphatic rings. The number of aliphatic carboxylic acids is 1. The fourth-order valence-electron chi connectivity index (χ4n) is 7.74. The van der Waals surface area contributed by atoms with Gasteiger partial charge in [0.05, 0.1) is 18.1 Å². The third-order valence-electron chi connectivity index (χ3n) is 11.4. The van der Waals surface area contributed by atoms with Gasteiger partial charge in [-0.1, -0.05) is 102 Å². The zero-order chi connectivity index (χ0) is 49.6. The van der Waals surface area contributed by atoms with E-state index in [9.17, 15) is 38.7 Å². The Hall–Kier alpha value is -4.83. The van der Waals surface area contributed by atoms with Crippen LogP contribution in [0.1, 0.15) is 130 Å². The van der Waals surface area contributed by atoms with Gasteiger partial charge in [0.25, 0.3) is 0 Å². The molecule has 0 saturated carbocycles. The number of nitrogens with two attached hydrogens (primary N) is 4. The second kappa shape index (κ2) is 33.6. The van der Waals surface area contributed by atoms with E-state index in [4.69, 9.17) is 22.9 Å². The largest absolute Gasteiger partial charge is 0.480 e. The van der Waals surface area contributed by atoms with Crippen molar-refractivity contribution in [1.82, 2.24) is 16.0 Å². The molecule has 0 bridgehead atoms. The number of rotatable bonds is 34. The summed E-state index contributed by atoms with van der Waals surface area (Å²) in [6, 6.07) is 15.1. The van der Waals surface area contributed by atoms with Crippen LogP contribution in [0, 0.1) is 29.6 Å². The second-order valence-electron chi connectivity index (χ2n) is 18.1. The number of carboxylic acids is 1. The van der Waals surface area contributed by atoms with E-state index in [0.717, 1.165) is 11.1 Å². The molecule has 2 rings (SSSR count). The Morgan fingerprint density at radius 2 is 0.985 bits per heavy atom. The van der Waals surface area contributed by atoms with Crippen molar-refractivity contribution < 1.29 is 38.7 Å². The van der Waals surface area contributed by atoms with Crippen LogP contribution < -0.4 is 38.9 Å². The average molecular weight is 922 g/mol. The van der Waals surface area contributed by atoms with Gasteiger partial charge >= 0.3 is 5.97 Å². The number of benzene rings is 2. The van der Waals surface area contributed by atoms with E-state index >= 15 is 0 Å². The molecule has 0 heterocycles. The lowest BCUT2D eigenvalue weighted by molar-refractivity contribution is -0.143. The maximum absolute atomic E-state index is 14.0. The second-order valence-corrected chi connectivity index (χ2v) is 18.1. The minimum absolute atomic E-state index is 0.0193. The molecule has 0 radical (unpaired) electrons. The van der Waals surface area contributed by atoms with E-state index in [1.165, 1.54) is 0 Å². The van der Waals surface area contributed by atoms with Gasteiger partial charge < -0.3 is 44.0 Å². The molecular weight excluding hydrogens is 839 g/mol. The summed E-state index contributed by atoms with van der Waals surface area (Å²) in [5.41, 5.74) is 25.6. The maximum Gasteiger partial charge on any atom is 0.326 e. The topological polar surface area (TPSA) is 280 Å². The van der Waals surface area contributed by atoms with Crippen LogP contribution in [0.15, 0.2) is 60.7 Å². The van der Waals surface area contributed by atoms with E-state index in [0.29, 0.717) is 70.9 Å². The Kier molecular flexibility index (Phi) is 30.1. The van der Waals surface area contributed by atoms with Crippen molar-refractivity contribution in [2.24, 2.45) is 52.5 Å². The molecule has 0 saturated heterocycles. The van der Waals surface area contributed by atoms with Crippen LogP contribution in [-0.2, 0) is 46.4 Å². The van der Waals surface area contributed by atoms with E-state index in [-0.39, 0.29) is 73.7 Å². The SMILES string of the molecule is CC.CC(C)C[C@@H](N)C(=O)C[C@H](CCCN)C(=O)NC(CCCCNC(=O)[C@@H](CCCN)CC(=O)[C@@H](CC(C)C)NC(=O)[C@H](CC(=O)[C@H](N)Cc1ccccc1)Cc1ccccc1)C(=O)O. The maximum atomic E-state index is 14.0. The van der Waals surface area contributed by atoms with Crippen molar-refractivity contribution in [1.29, 1.82) is 0 Å². The average Bonchev–Trinajstić information content (AvgIpc) is 3.28. The van der Waals surface area contributed by atoms with Crippen LogP contribution in [0.25, 0.3) is 0 Å². The first kappa shape index (κ1) is 59.2. The summed E-state index contributed by atoms with van der Waals surface area (Å²) in [7, 11) is 0. The minimum Gasteiger partial charge on any atom is -0.480 e. The van der Waals surface area contributed by atoms with E-state index < -0.39 is 59.7 Å². The number of hydrogen-bond acceptors (Lipinski definition) is 11. The summed E-state index contributed by atoms with van der Waals surface area (Å²) in [6.07, 6.45) is 3.50. The van der Waals surface area contributed by atoms with Crippen LogP contribution >= 0.6 is 0 Å². The molecule has 2 aromatic rings. The lowest BCUT2D eigenvalue weighted by atomic mass is 9.88. The van der Waals surface area contributed by atoms with Gasteiger partial charge in [-0.2, -0.15) is 0 Å². The van der Waals surface area contributed by atoms with Crippen molar-refractivity contribution >= 4 is 41.0 Å². The van der Waals surface area contributed by atoms with Gasteiger partial charge in [0, 0.05) is 43.6 Å². The molecule has 66 heavy (non-hydrogen) atoms. The summed E-state index contributed by atoms with van der Waals surface area (Å²) < 4.78 is 0. The molecule has 15 nitrogen and oxygen atoms in total. The molecule has 370 valence electrons. The monoisotopic (exact) mass is 922 g/mol. The Labute approximate surface area is 394 Å². The molecule has 2 aromatic carbocycles. The summed E-state index contributed by atoms with van der Waals surface area (Å²) in [4.78, 5) is 93.2. The highest BCUT2D eigenvalue weighted by molar-refractivity contribution is 5.95. The number of hydrogen-bond donors (Lipinski definition) is 8. The normalized spacial score (nSPS) is 14.4. The Morgan fingerprint density at radius 1 is 0.530 bits per heavy atom. The number of nitrogens with one attached hydrogen (secondary N) is 3. The Morgan fingerprint density at radius 3 is 1.50 bits per heavy atom. The lowest BCUT2D eigenvalue weighted by Gasteiger charge is -2.25. The highest BCUT2D eigenvalue weighted by Gasteiger charge is 2.32. The molecule has 0 aliphatic heterocycles. The fraction of sp³-hybridized carbons (Fsp3) is 0.627. The lowest BCUT2D eigenvalue weighted by Crippen LogP contribution is -2.47. The zero-order valence-electron chi connectivity index (χ0n) is 40.6. The number of Topliss-reactive ketones (excluding diaryl/α,β-unsaturated/α-hetero) is 3. The summed E-state index contributed by atoms with van der Waals surface area (Å²) in [5, 5.41) is 18.3. The van der Waals surface area contributed by atoms with Gasteiger partial charge in [-0.3, -0.25) is 28.8 Å². The van der Waals surface area contributed by atoms with Gasteiger partial charge in [0.1, 0.15) is 11.8 Å². The van der Waals surface area contributed by atoms with Crippen molar-refractivity contribution in [3.63, 3.8) is 0 Å². The number of ketones is 3. The zero-order valence-corrected chi connectivity index (χ0v) is 40.6. The number of amides is 3. The van der Waals surface area contributed by atoms with Crippen LogP contribution in [-0.4, -0.2) is 89.9 Å². The Bertz CT molecular complexity index is 1740. The van der Waals surface area contributed by atoms with Gasteiger partial charge in [-0.15, -0.1) is 0 Å². The number of unbranched alkanes of at least 4 members (excludes halogenated alkanes) is 1. The predicted molar refractivity (Wildman–Crippen MR) is 261 cm³/mol. The highest BCUT2D eigenvalue weighted by atomic mass is 16.4.